The fraction of sp³-hybridized carbons (Fsp3) is 1.00. The number of nitrogens with one attached hydrogen (secondary N) is 1. The molecule has 0 bridgehead atoms. The summed E-state index contributed by atoms with van der Waals surface area (Å²) in [6.45, 7) is 7.89. The van der Waals surface area contributed by atoms with E-state index in [1.165, 1.54) is 45.1 Å². The van der Waals surface area contributed by atoms with E-state index in [0.29, 0.717) is 0 Å². The van der Waals surface area contributed by atoms with Crippen LogP contribution < -0.4 is 5.32 Å². The van der Waals surface area contributed by atoms with Crippen molar-refractivity contribution in [3.05, 3.63) is 0 Å². The molecule has 1 unspecified atom stereocenters. The van der Waals surface area contributed by atoms with Crippen molar-refractivity contribution in [3.63, 3.8) is 0 Å². The Morgan fingerprint density at radius 2 is 1.88 bits per heavy atom. The summed E-state index contributed by atoms with van der Waals surface area (Å²) >= 11 is 0. The van der Waals surface area contributed by atoms with E-state index < -0.39 is 0 Å². The molecule has 2 rings (SSSR count). The highest BCUT2D eigenvalue weighted by Gasteiger charge is 2.23. The lowest BCUT2D eigenvalue weighted by molar-refractivity contribution is 0.0528. The van der Waals surface area contributed by atoms with E-state index in [2.05, 4.69) is 19.2 Å². The van der Waals surface area contributed by atoms with Gasteiger partial charge >= 0.3 is 0 Å². The maximum absolute atomic E-state index is 5.53. The smallest absolute Gasteiger partial charge is 0.0506 e. The summed E-state index contributed by atoms with van der Waals surface area (Å²) in [6, 6.07) is 0.784. The summed E-state index contributed by atoms with van der Waals surface area (Å²) < 4.78 is 5.53. The minimum atomic E-state index is 0.770. The maximum Gasteiger partial charge on any atom is 0.0506 e. The monoisotopic (exact) mass is 239 g/mol. The third kappa shape index (κ3) is 4.26. The second-order valence-corrected chi connectivity index (χ2v) is 6.35. The van der Waals surface area contributed by atoms with Crippen molar-refractivity contribution in [3.8, 4) is 0 Å². The molecule has 0 spiro atoms. The first-order valence-corrected chi connectivity index (χ1v) is 7.57. The summed E-state index contributed by atoms with van der Waals surface area (Å²) in [5.74, 6) is 2.63. The molecule has 0 amide bonds. The van der Waals surface area contributed by atoms with Crippen molar-refractivity contribution in [2.24, 2.45) is 17.8 Å². The summed E-state index contributed by atoms with van der Waals surface area (Å²) in [6.07, 6.45) is 8.24. The zero-order chi connectivity index (χ0) is 12.1. The first-order chi connectivity index (χ1) is 8.25. The molecule has 0 aromatic heterocycles. The topological polar surface area (TPSA) is 21.3 Å². The van der Waals surface area contributed by atoms with Crippen LogP contribution >= 0.6 is 0 Å². The largest absolute Gasteiger partial charge is 0.381 e. The minimum Gasteiger partial charge on any atom is -0.381 e. The molecule has 1 atom stereocenters. The Morgan fingerprint density at radius 1 is 1.12 bits per heavy atom. The minimum absolute atomic E-state index is 0.770. The van der Waals surface area contributed by atoms with Crippen molar-refractivity contribution in [2.45, 2.75) is 58.4 Å². The van der Waals surface area contributed by atoms with Gasteiger partial charge in [0.25, 0.3) is 0 Å². The lowest BCUT2D eigenvalue weighted by Gasteiger charge is -2.32. The van der Waals surface area contributed by atoms with E-state index in [1.54, 1.807) is 0 Å². The van der Waals surface area contributed by atoms with Gasteiger partial charge in [-0.1, -0.05) is 13.8 Å². The summed E-state index contributed by atoms with van der Waals surface area (Å²) in [5.41, 5.74) is 0. The van der Waals surface area contributed by atoms with Gasteiger partial charge in [0.1, 0.15) is 0 Å². The molecule has 1 aliphatic carbocycles. The van der Waals surface area contributed by atoms with Crippen molar-refractivity contribution in [2.75, 3.05) is 19.8 Å². The van der Waals surface area contributed by atoms with Gasteiger partial charge in [0.2, 0.25) is 0 Å². The zero-order valence-electron chi connectivity index (χ0n) is 11.6. The molecule has 0 aromatic rings. The molecule has 2 nitrogen and oxygen atoms in total. The molecule has 1 N–H and O–H groups in total. The maximum atomic E-state index is 5.53. The van der Waals surface area contributed by atoms with Crippen molar-refractivity contribution in [1.82, 2.24) is 5.32 Å². The lowest BCUT2D eigenvalue weighted by atomic mass is 9.79. The molecule has 0 aromatic carbocycles. The van der Waals surface area contributed by atoms with Crippen molar-refractivity contribution in [1.29, 1.82) is 0 Å². The van der Waals surface area contributed by atoms with Crippen LogP contribution in [0.1, 0.15) is 52.4 Å². The highest BCUT2D eigenvalue weighted by Crippen LogP contribution is 2.30. The fourth-order valence-corrected chi connectivity index (χ4v) is 3.29. The number of hydrogen-bond donors (Lipinski definition) is 1. The van der Waals surface area contributed by atoms with Crippen LogP contribution in [-0.4, -0.2) is 25.8 Å². The quantitative estimate of drug-likeness (QED) is 0.813. The Kier molecular flexibility index (Phi) is 5.30. The number of ether oxygens (including phenoxy) is 1. The lowest BCUT2D eigenvalue weighted by Crippen LogP contribution is -2.38. The van der Waals surface area contributed by atoms with E-state index in [4.69, 9.17) is 4.74 Å². The zero-order valence-corrected chi connectivity index (χ0v) is 11.6. The second-order valence-electron chi connectivity index (χ2n) is 6.35. The summed E-state index contributed by atoms with van der Waals surface area (Å²) in [4.78, 5) is 0. The molecule has 17 heavy (non-hydrogen) atoms. The molecule has 1 aliphatic heterocycles. The van der Waals surface area contributed by atoms with Crippen LogP contribution in [0.3, 0.4) is 0 Å². The molecule has 2 heteroatoms. The number of hydrogen-bond acceptors (Lipinski definition) is 2. The van der Waals surface area contributed by atoms with E-state index in [-0.39, 0.29) is 0 Å². The molecule has 1 saturated heterocycles. The molecular weight excluding hydrogens is 210 g/mol. The molecule has 0 radical (unpaired) electrons. The first kappa shape index (κ1) is 13.4. The van der Waals surface area contributed by atoms with Crippen molar-refractivity contribution < 1.29 is 4.74 Å². The van der Waals surface area contributed by atoms with Gasteiger partial charge in [0.15, 0.2) is 0 Å². The van der Waals surface area contributed by atoms with Crippen LogP contribution in [0, 0.1) is 17.8 Å². The Bertz CT molecular complexity index is 203. The van der Waals surface area contributed by atoms with Crippen LogP contribution in [0.5, 0.6) is 0 Å². The predicted octanol–water partition coefficient (Wildman–Crippen LogP) is 3.22. The van der Waals surface area contributed by atoms with E-state index in [0.717, 1.165) is 37.0 Å². The van der Waals surface area contributed by atoms with Gasteiger partial charge in [0, 0.05) is 19.2 Å². The van der Waals surface area contributed by atoms with Gasteiger partial charge < -0.3 is 10.1 Å². The van der Waals surface area contributed by atoms with E-state index in [9.17, 15) is 0 Å². The summed E-state index contributed by atoms with van der Waals surface area (Å²) in [7, 11) is 0. The normalized spacial score (nSPS) is 35.1. The molecule has 1 saturated carbocycles. The van der Waals surface area contributed by atoms with Gasteiger partial charge in [-0.3, -0.25) is 0 Å². The third-order valence-electron chi connectivity index (χ3n) is 4.66. The van der Waals surface area contributed by atoms with Gasteiger partial charge in [-0.15, -0.1) is 0 Å². The molecule has 2 aliphatic rings. The average molecular weight is 239 g/mol. The number of rotatable bonds is 4. The Balaban J connectivity index is 1.61. The van der Waals surface area contributed by atoms with Gasteiger partial charge in [-0.25, -0.2) is 0 Å². The average Bonchev–Trinajstić information content (AvgIpc) is 2.38. The molecule has 2 fully saturated rings. The summed E-state index contributed by atoms with van der Waals surface area (Å²) in [5, 5.41) is 3.77. The van der Waals surface area contributed by atoms with E-state index >= 15 is 0 Å². The highest BCUT2D eigenvalue weighted by molar-refractivity contribution is 4.79. The van der Waals surface area contributed by atoms with Gasteiger partial charge in [0.05, 0.1) is 6.61 Å². The Hall–Kier alpha value is -0.0800. The standard InChI is InChI=1S/C15H29NO/c1-12(2)14-5-7-15(8-6-14)16-10-13-4-3-9-17-11-13/h12-16H,3-11H2,1-2H3. The van der Waals surface area contributed by atoms with Crippen LogP contribution in [0.4, 0.5) is 0 Å². The van der Waals surface area contributed by atoms with Crippen LogP contribution in [0.15, 0.2) is 0 Å². The van der Waals surface area contributed by atoms with E-state index in [1.807, 2.05) is 0 Å². The first-order valence-electron chi connectivity index (χ1n) is 7.57. The van der Waals surface area contributed by atoms with Crippen LogP contribution in [-0.2, 0) is 4.74 Å². The molecular formula is C15H29NO. The SMILES string of the molecule is CC(C)C1CCC(NCC2CCCOC2)CC1. The van der Waals surface area contributed by atoms with Gasteiger partial charge in [-0.05, 0) is 56.3 Å². The fourth-order valence-electron chi connectivity index (χ4n) is 3.29. The highest BCUT2D eigenvalue weighted by atomic mass is 16.5. The van der Waals surface area contributed by atoms with Crippen LogP contribution in [0.2, 0.25) is 0 Å². The Labute approximate surface area is 107 Å². The third-order valence-corrected chi connectivity index (χ3v) is 4.66. The van der Waals surface area contributed by atoms with Crippen molar-refractivity contribution >= 4 is 0 Å². The second kappa shape index (κ2) is 6.75. The predicted molar refractivity (Wildman–Crippen MR) is 72.1 cm³/mol. The Morgan fingerprint density at radius 3 is 2.47 bits per heavy atom. The van der Waals surface area contributed by atoms with Gasteiger partial charge in [-0.2, -0.15) is 0 Å². The molecule has 100 valence electrons. The molecule has 1 heterocycles. The van der Waals surface area contributed by atoms with Crippen LogP contribution in [0.25, 0.3) is 0 Å².